The number of amides is 1. The van der Waals surface area contributed by atoms with Gasteiger partial charge in [0.2, 0.25) is 0 Å². The van der Waals surface area contributed by atoms with Crippen LogP contribution in [-0.4, -0.2) is 30.0 Å². The minimum Gasteiger partial charge on any atom is -0.354 e. The maximum Gasteiger partial charge on any atom is 0.252 e. The maximum absolute atomic E-state index is 13.9. The molecule has 0 atom stereocenters. The van der Waals surface area contributed by atoms with E-state index >= 15 is 0 Å². The Morgan fingerprint density at radius 1 is 1.45 bits per heavy atom. The second-order valence-electron chi connectivity index (χ2n) is 5.21. The summed E-state index contributed by atoms with van der Waals surface area (Å²) in [5.41, 5.74) is 0.692. The zero-order valence-electron chi connectivity index (χ0n) is 11.8. The zero-order chi connectivity index (χ0) is 15.5. The molecule has 116 valence electrons. The van der Waals surface area contributed by atoms with E-state index in [4.69, 9.17) is 11.6 Å². The normalized spacial score (nSPS) is 15.8. The van der Waals surface area contributed by atoms with Crippen molar-refractivity contribution in [2.45, 2.75) is 18.9 Å². The van der Waals surface area contributed by atoms with Gasteiger partial charge >= 0.3 is 0 Å². The number of anilines is 1. The van der Waals surface area contributed by atoms with Crippen LogP contribution in [0, 0.1) is 5.82 Å². The summed E-state index contributed by atoms with van der Waals surface area (Å²) in [5.74, 6) is -0.129. The molecule has 1 N–H and O–H groups in total. The molecule has 0 aliphatic carbocycles. The minimum absolute atomic E-state index is 0.0458. The Hall–Kier alpha value is -1.66. The molecular formula is C15H15ClFN3OS. The number of piperidine rings is 1. The van der Waals surface area contributed by atoms with Crippen LogP contribution in [0.25, 0.3) is 0 Å². The molecule has 0 saturated carbocycles. The predicted octanol–water partition coefficient (Wildman–Crippen LogP) is 3.33. The number of aromatic nitrogens is 1. The number of hydrogen-bond donors (Lipinski definition) is 1. The van der Waals surface area contributed by atoms with E-state index in [0.29, 0.717) is 29.5 Å². The maximum atomic E-state index is 13.9. The van der Waals surface area contributed by atoms with Gasteiger partial charge in [0.25, 0.3) is 5.91 Å². The Morgan fingerprint density at radius 3 is 2.86 bits per heavy atom. The highest BCUT2D eigenvalue weighted by Crippen LogP contribution is 2.23. The lowest BCUT2D eigenvalue weighted by Gasteiger charge is -2.33. The number of nitrogens with one attached hydrogen (secondary N) is 1. The number of carbonyl (C=O) groups is 1. The highest BCUT2D eigenvalue weighted by Gasteiger charge is 2.23. The molecule has 1 fully saturated rings. The molecule has 0 radical (unpaired) electrons. The van der Waals surface area contributed by atoms with Gasteiger partial charge in [0.1, 0.15) is 0 Å². The van der Waals surface area contributed by atoms with Gasteiger partial charge in [-0.05, 0) is 30.4 Å². The molecule has 3 heterocycles. The number of thiophene rings is 1. The van der Waals surface area contributed by atoms with Gasteiger partial charge in [0.15, 0.2) is 11.6 Å². The molecule has 1 saturated heterocycles. The van der Waals surface area contributed by atoms with Gasteiger partial charge in [0, 0.05) is 36.3 Å². The van der Waals surface area contributed by atoms with E-state index in [1.165, 1.54) is 23.6 Å². The number of halogens is 2. The Bertz CT molecular complexity index is 657. The lowest BCUT2D eigenvalue weighted by Crippen LogP contribution is -2.45. The van der Waals surface area contributed by atoms with Crippen LogP contribution in [0.1, 0.15) is 23.2 Å². The van der Waals surface area contributed by atoms with Gasteiger partial charge in [-0.15, -0.1) is 0 Å². The molecule has 0 spiro atoms. The smallest absolute Gasteiger partial charge is 0.252 e. The Morgan fingerprint density at radius 2 is 2.23 bits per heavy atom. The zero-order valence-corrected chi connectivity index (χ0v) is 13.3. The van der Waals surface area contributed by atoms with Crippen LogP contribution in [0.15, 0.2) is 29.1 Å². The van der Waals surface area contributed by atoms with Crippen LogP contribution in [-0.2, 0) is 0 Å². The van der Waals surface area contributed by atoms with Crippen LogP contribution in [0.4, 0.5) is 10.2 Å². The summed E-state index contributed by atoms with van der Waals surface area (Å²) in [6.07, 6.45) is 2.98. The average molecular weight is 340 g/mol. The van der Waals surface area contributed by atoms with Gasteiger partial charge in [-0.3, -0.25) is 4.79 Å². The van der Waals surface area contributed by atoms with Crippen LogP contribution < -0.4 is 10.2 Å². The third-order valence-electron chi connectivity index (χ3n) is 3.70. The van der Waals surface area contributed by atoms with Crippen LogP contribution in [0.5, 0.6) is 0 Å². The Kier molecular flexibility index (Phi) is 4.59. The Labute approximate surface area is 136 Å². The fourth-order valence-corrected chi connectivity index (χ4v) is 3.32. The van der Waals surface area contributed by atoms with Gasteiger partial charge in [-0.2, -0.15) is 11.3 Å². The van der Waals surface area contributed by atoms with Crippen LogP contribution in [0.3, 0.4) is 0 Å². The number of hydrogen-bond acceptors (Lipinski definition) is 4. The molecule has 3 rings (SSSR count). The quantitative estimate of drug-likeness (QED) is 0.933. The van der Waals surface area contributed by atoms with E-state index in [-0.39, 0.29) is 11.9 Å². The molecule has 0 unspecified atom stereocenters. The molecule has 2 aromatic heterocycles. The number of pyridine rings is 1. The first-order chi connectivity index (χ1) is 10.6. The summed E-state index contributed by atoms with van der Waals surface area (Å²) in [6, 6.07) is 3.19. The predicted molar refractivity (Wildman–Crippen MR) is 86.2 cm³/mol. The summed E-state index contributed by atoms with van der Waals surface area (Å²) in [4.78, 5) is 18.0. The van der Waals surface area contributed by atoms with E-state index in [0.717, 1.165) is 12.8 Å². The first-order valence-corrected chi connectivity index (χ1v) is 8.34. The standard InChI is InChI=1S/C15H15ClFN3OS/c16-11-7-13(17)14(18-8-11)20-4-1-12(2-5-20)19-15(21)10-3-6-22-9-10/h3,6-9,12H,1-2,4-5H2,(H,19,21). The summed E-state index contributed by atoms with van der Waals surface area (Å²) in [7, 11) is 0. The third-order valence-corrected chi connectivity index (χ3v) is 4.59. The fourth-order valence-electron chi connectivity index (χ4n) is 2.54. The van der Waals surface area contributed by atoms with Crippen molar-refractivity contribution in [1.29, 1.82) is 0 Å². The van der Waals surface area contributed by atoms with Crippen molar-refractivity contribution in [3.63, 3.8) is 0 Å². The van der Waals surface area contributed by atoms with Crippen molar-refractivity contribution >= 4 is 34.7 Å². The summed E-state index contributed by atoms with van der Waals surface area (Å²) in [5, 5.41) is 7.03. The molecule has 7 heteroatoms. The lowest BCUT2D eigenvalue weighted by molar-refractivity contribution is 0.0931. The first kappa shape index (κ1) is 15.2. The highest BCUT2D eigenvalue weighted by atomic mass is 35.5. The van der Waals surface area contributed by atoms with E-state index in [1.54, 1.807) is 0 Å². The van der Waals surface area contributed by atoms with E-state index < -0.39 is 5.82 Å². The van der Waals surface area contributed by atoms with E-state index in [9.17, 15) is 9.18 Å². The summed E-state index contributed by atoms with van der Waals surface area (Å²) >= 11 is 7.22. The molecule has 0 aromatic carbocycles. The first-order valence-electron chi connectivity index (χ1n) is 7.02. The Balaban J connectivity index is 1.57. The van der Waals surface area contributed by atoms with Crippen molar-refractivity contribution in [2.75, 3.05) is 18.0 Å². The molecule has 22 heavy (non-hydrogen) atoms. The lowest BCUT2D eigenvalue weighted by atomic mass is 10.0. The van der Waals surface area contributed by atoms with Gasteiger partial charge in [-0.25, -0.2) is 9.37 Å². The molecule has 4 nitrogen and oxygen atoms in total. The topological polar surface area (TPSA) is 45.2 Å². The van der Waals surface area contributed by atoms with Gasteiger partial charge in [-0.1, -0.05) is 11.6 Å². The van der Waals surface area contributed by atoms with Crippen molar-refractivity contribution in [1.82, 2.24) is 10.3 Å². The van der Waals surface area contributed by atoms with Crippen LogP contribution >= 0.6 is 22.9 Å². The molecule has 1 aliphatic rings. The molecule has 1 amide bonds. The second-order valence-corrected chi connectivity index (χ2v) is 6.42. The van der Waals surface area contributed by atoms with Gasteiger partial charge in [0.05, 0.1) is 5.02 Å². The van der Waals surface area contributed by atoms with Crippen LogP contribution in [0.2, 0.25) is 5.02 Å². The minimum atomic E-state index is -0.409. The van der Waals surface area contributed by atoms with Crippen molar-refractivity contribution in [3.8, 4) is 0 Å². The van der Waals surface area contributed by atoms with E-state index in [2.05, 4.69) is 10.3 Å². The summed E-state index contributed by atoms with van der Waals surface area (Å²) in [6.45, 7) is 1.31. The number of carbonyl (C=O) groups excluding carboxylic acids is 1. The number of rotatable bonds is 3. The molecule has 1 aliphatic heterocycles. The second kappa shape index (κ2) is 6.62. The van der Waals surface area contributed by atoms with E-state index in [1.807, 2.05) is 21.7 Å². The van der Waals surface area contributed by atoms with Crippen molar-refractivity contribution in [3.05, 3.63) is 45.5 Å². The van der Waals surface area contributed by atoms with Crippen molar-refractivity contribution in [2.24, 2.45) is 0 Å². The van der Waals surface area contributed by atoms with Gasteiger partial charge < -0.3 is 10.2 Å². The largest absolute Gasteiger partial charge is 0.354 e. The SMILES string of the molecule is O=C(NC1CCN(c2ncc(Cl)cc2F)CC1)c1ccsc1. The summed E-state index contributed by atoms with van der Waals surface area (Å²) < 4.78 is 13.9. The molecule has 2 aromatic rings. The fraction of sp³-hybridized carbons (Fsp3) is 0.333. The third kappa shape index (κ3) is 3.39. The molecular weight excluding hydrogens is 325 g/mol. The van der Waals surface area contributed by atoms with Crippen molar-refractivity contribution < 1.29 is 9.18 Å². The number of nitrogens with zero attached hydrogens (tertiary/aromatic N) is 2. The highest BCUT2D eigenvalue weighted by molar-refractivity contribution is 7.08. The average Bonchev–Trinajstić information content (AvgIpc) is 3.03. The molecule has 0 bridgehead atoms. The monoisotopic (exact) mass is 339 g/mol.